The zero-order valence-electron chi connectivity index (χ0n) is 41.9. The Bertz CT molecular complexity index is 3510. The van der Waals surface area contributed by atoms with Crippen LogP contribution in [0.15, 0.2) is 162 Å². The highest BCUT2D eigenvalue weighted by molar-refractivity contribution is 6.24. The van der Waals surface area contributed by atoms with E-state index in [-0.39, 0.29) is 55.0 Å². The Labute approximate surface area is 277 Å². The van der Waals surface area contributed by atoms with Gasteiger partial charge in [0.15, 0.2) is 0 Å². The van der Waals surface area contributed by atoms with Gasteiger partial charge in [-0.1, -0.05) is 133 Å². The summed E-state index contributed by atoms with van der Waals surface area (Å²) >= 11 is 0. The first-order valence-corrected chi connectivity index (χ1v) is 13.1. The van der Waals surface area contributed by atoms with Crippen LogP contribution in [0.25, 0.3) is 87.6 Å². The third-order valence-electron chi connectivity index (χ3n) is 7.49. The molecule has 0 saturated carbocycles. The van der Waals surface area contributed by atoms with Crippen molar-refractivity contribution < 1.29 is 31.8 Å². The molecule has 0 unspecified atom stereocenters. The molecule has 0 amide bonds. The maximum atomic E-state index is 9.32. The van der Waals surface area contributed by atoms with E-state index in [1.807, 2.05) is 0 Å². The Morgan fingerprint density at radius 2 is 0.884 bits per heavy atom. The molecule has 0 fully saturated rings. The number of fused-ring (bicyclic) bond motifs is 6. The molecule has 0 N–H and O–H groups in total. The number of benzene rings is 8. The first-order chi connectivity index (χ1) is 29.6. The molecule has 0 radical (unpaired) electrons. The van der Waals surface area contributed by atoms with Gasteiger partial charge in [0.05, 0.1) is 27.4 Å². The largest absolute Gasteiger partial charge is 0.456 e. The van der Waals surface area contributed by atoms with Gasteiger partial charge >= 0.3 is 0 Å². The second-order valence-corrected chi connectivity index (χ2v) is 9.77. The molecule has 200 valence electrons. The fourth-order valence-electron chi connectivity index (χ4n) is 5.65. The predicted molar refractivity (Wildman–Crippen MR) is 183 cm³/mol. The lowest BCUT2D eigenvalue weighted by atomic mass is 9.84. The molecule has 1 nitrogen and oxygen atoms in total. The van der Waals surface area contributed by atoms with E-state index in [0.717, 1.165) is 0 Å². The van der Waals surface area contributed by atoms with Crippen molar-refractivity contribution in [2.45, 2.75) is 0 Å². The Morgan fingerprint density at radius 1 is 0.372 bits per heavy atom. The SMILES string of the molecule is [2H]c1c([2H])c([2H])c(-c2ccc3c(c2)oc2cc(-c4c5c([2H])c([2H])c([2H])c([2H])c5c(-c5c([2H])c([2H])c([2H])c6c([2H])c([2H])c([2H])c([2H])c56)c5c([2H])c([2H])c([2H])c([2H])c45)ccc23)c([2H])c1[2H]. The number of rotatable bonds is 3. The molecule has 0 atom stereocenters. The topological polar surface area (TPSA) is 13.1 Å². The fraction of sp³-hybridized carbons (Fsp3) is 0. The van der Waals surface area contributed by atoms with Crippen LogP contribution in [0.3, 0.4) is 0 Å². The second-order valence-electron chi connectivity index (χ2n) is 9.77. The van der Waals surface area contributed by atoms with Crippen molar-refractivity contribution in [1.82, 2.24) is 0 Å². The van der Waals surface area contributed by atoms with Gasteiger partial charge in [-0.25, -0.2) is 0 Å². The standard InChI is InChI=1S/C42H26O/c1-2-11-27(12-3-1)29-21-23-32-33-24-22-30(26-40(33)43-39(32)25-29)41-35-16-6-8-18-37(35)42(38-19-9-7-17-36(38)41)34-20-10-14-28-13-4-5-15-31(28)34/h1-26H/i1D,2D,3D,4D,5D,6D,7D,8D,9D,10D,11D,12D,13D,14D,15D,16D,17D,18D,19D,20D. The van der Waals surface area contributed by atoms with Crippen LogP contribution in [-0.2, 0) is 0 Å². The van der Waals surface area contributed by atoms with Crippen molar-refractivity contribution in [3.05, 3.63) is 157 Å². The van der Waals surface area contributed by atoms with E-state index in [4.69, 9.17) is 25.0 Å². The lowest BCUT2D eigenvalue weighted by molar-refractivity contribution is 0.669. The van der Waals surface area contributed by atoms with Crippen LogP contribution >= 0.6 is 0 Å². The van der Waals surface area contributed by atoms with Crippen molar-refractivity contribution in [3.8, 4) is 33.4 Å². The summed E-state index contributed by atoms with van der Waals surface area (Å²) in [6, 6.07) is -4.15. The molecule has 43 heavy (non-hydrogen) atoms. The molecule has 9 rings (SSSR count). The molecule has 1 aromatic heterocycles. The first-order valence-electron chi connectivity index (χ1n) is 23.1. The molecule has 0 bridgehead atoms. The second kappa shape index (κ2) is 9.44. The molecule has 1 heterocycles. The quantitative estimate of drug-likeness (QED) is 0.194. The highest BCUT2D eigenvalue weighted by Crippen LogP contribution is 2.46. The smallest absolute Gasteiger partial charge is 0.136 e. The predicted octanol–water partition coefficient (Wildman–Crippen LogP) is 12.0. The number of furan rings is 1. The minimum atomic E-state index is -0.806. The van der Waals surface area contributed by atoms with Gasteiger partial charge in [0.2, 0.25) is 0 Å². The van der Waals surface area contributed by atoms with Crippen LogP contribution in [-0.4, -0.2) is 0 Å². The zero-order valence-corrected chi connectivity index (χ0v) is 21.9. The molecule has 0 aliphatic carbocycles. The highest BCUT2D eigenvalue weighted by Gasteiger charge is 2.19. The van der Waals surface area contributed by atoms with Crippen molar-refractivity contribution in [2.24, 2.45) is 0 Å². The average molecular weight is 567 g/mol. The molecule has 0 spiro atoms. The van der Waals surface area contributed by atoms with Gasteiger partial charge in [0, 0.05) is 10.8 Å². The lowest BCUT2D eigenvalue weighted by Gasteiger charge is -2.18. The van der Waals surface area contributed by atoms with E-state index in [1.54, 1.807) is 24.3 Å². The van der Waals surface area contributed by atoms with E-state index in [2.05, 4.69) is 0 Å². The molecule has 1 heteroatoms. The third kappa shape index (κ3) is 3.72. The molecule has 9 aromatic rings. The van der Waals surface area contributed by atoms with E-state index in [1.165, 1.54) is 12.1 Å². The van der Waals surface area contributed by atoms with Crippen LogP contribution in [0.1, 0.15) is 27.4 Å². The van der Waals surface area contributed by atoms with Crippen LogP contribution < -0.4 is 0 Å². The summed E-state index contributed by atoms with van der Waals surface area (Å²) in [5, 5.41) is -1.23. The highest BCUT2D eigenvalue weighted by atomic mass is 16.3. The van der Waals surface area contributed by atoms with Crippen LogP contribution in [0, 0.1) is 0 Å². The summed E-state index contributed by atoms with van der Waals surface area (Å²) in [6.45, 7) is 0. The Morgan fingerprint density at radius 3 is 1.56 bits per heavy atom. The van der Waals surface area contributed by atoms with Crippen molar-refractivity contribution >= 4 is 54.3 Å². The van der Waals surface area contributed by atoms with Crippen molar-refractivity contribution in [1.29, 1.82) is 0 Å². The Kier molecular flexibility index (Phi) is 2.54. The third-order valence-corrected chi connectivity index (χ3v) is 7.49. The van der Waals surface area contributed by atoms with Crippen LogP contribution in [0.2, 0.25) is 0 Å². The van der Waals surface area contributed by atoms with E-state index >= 15 is 0 Å². The molecule has 8 aromatic carbocycles. The molecular weight excluding hydrogens is 520 g/mol. The minimum absolute atomic E-state index is 0.0561. The van der Waals surface area contributed by atoms with Crippen LogP contribution in [0.5, 0.6) is 0 Å². The fourth-order valence-corrected chi connectivity index (χ4v) is 5.65. The van der Waals surface area contributed by atoms with Gasteiger partial charge in [0.1, 0.15) is 11.2 Å². The van der Waals surface area contributed by atoms with Gasteiger partial charge in [-0.05, 0) is 90.0 Å². The van der Waals surface area contributed by atoms with Gasteiger partial charge in [-0.3, -0.25) is 0 Å². The van der Waals surface area contributed by atoms with Crippen LogP contribution in [0.4, 0.5) is 0 Å². The maximum Gasteiger partial charge on any atom is 0.136 e. The van der Waals surface area contributed by atoms with Gasteiger partial charge in [0.25, 0.3) is 0 Å². The number of hydrogen-bond acceptors (Lipinski definition) is 1. The first kappa shape index (κ1) is 11.6. The lowest BCUT2D eigenvalue weighted by Crippen LogP contribution is -1.91. The van der Waals surface area contributed by atoms with Crippen molar-refractivity contribution in [3.63, 3.8) is 0 Å². The van der Waals surface area contributed by atoms with Gasteiger partial charge in [-0.15, -0.1) is 0 Å². The monoisotopic (exact) mass is 566 g/mol. The minimum Gasteiger partial charge on any atom is -0.456 e. The Hall–Kier alpha value is -5.66. The molecule has 0 saturated heterocycles. The Balaban J connectivity index is 1.47. The maximum absolute atomic E-state index is 9.32. The molecule has 0 aliphatic rings. The van der Waals surface area contributed by atoms with E-state index < -0.39 is 143 Å². The summed E-state index contributed by atoms with van der Waals surface area (Å²) in [4.78, 5) is 0. The van der Waals surface area contributed by atoms with E-state index in [9.17, 15) is 6.85 Å². The number of hydrogen-bond donors (Lipinski definition) is 0. The molecular formula is C42H26O. The average Bonchev–Trinajstić information content (AvgIpc) is 3.64. The van der Waals surface area contributed by atoms with Gasteiger partial charge in [-0.2, -0.15) is 0 Å². The summed E-state index contributed by atoms with van der Waals surface area (Å²) in [5.41, 5.74) is -0.260. The van der Waals surface area contributed by atoms with Gasteiger partial charge < -0.3 is 4.42 Å². The summed E-state index contributed by atoms with van der Waals surface area (Å²) in [5.74, 6) is 0. The summed E-state index contributed by atoms with van der Waals surface area (Å²) < 4.78 is 181. The summed E-state index contributed by atoms with van der Waals surface area (Å²) in [6.07, 6.45) is 0. The van der Waals surface area contributed by atoms with E-state index in [0.29, 0.717) is 10.8 Å². The normalized spacial score (nSPS) is 18.2. The molecule has 0 aliphatic heterocycles. The zero-order chi connectivity index (χ0) is 45.7. The summed E-state index contributed by atoms with van der Waals surface area (Å²) in [7, 11) is 0. The van der Waals surface area contributed by atoms with Crippen molar-refractivity contribution in [2.75, 3.05) is 0 Å².